The van der Waals surface area contributed by atoms with Gasteiger partial charge in [-0.05, 0) is 44.2 Å². The number of thiazole rings is 1. The van der Waals surface area contributed by atoms with Gasteiger partial charge in [0.1, 0.15) is 5.75 Å². The zero-order valence-corrected chi connectivity index (χ0v) is 15.6. The molecule has 1 N–H and O–H groups in total. The van der Waals surface area contributed by atoms with E-state index in [1.165, 1.54) is 11.3 Å². The molecule has 0 bridgehead atoms. The molecule has 2 aromatic heterocycles. The Labute approximate surface area is 155 Å². The van der Waals surface area contributed by atoms with E-state index in [9.17, 15) is 4.79 Å². The van der Waals surface area contributed by atoms with Gasteiger partial charge >= 0.3 is 0 Å². The molecule has 0 aliphatic heterocycles. The fourth-order valence-electron chi connectivity index (χ4n) is 2.41. The normalized spacial score (nSPS) is 10.4. The summed E-state index contributed by atoms with van der Waals surface area (Å²) in [4.78, 5) is 22.1. The van der Waals surface area contributed by atoms with Crippen LogP contribution in [0.1, 0.15) is 22.2 Å². The molecule has 7 heteroatoms. The highest BCUT2D eigenvalue weighted by Crippen LogP contribution is 2.31. The van der Waals surface area contributed by atoms with Crippen LogP contribution in [0, 0.1) is 6.92 Å². The fraction of sp³-hybridized carbons (Fsp3) is 0.211. The second-order valence-corrected chi connectivity index (χ2v) is 6.63. The Hall–Kier alpha value is -2.93. The number of pyridine rings is 1. The molecule has 3 rings (SSSR count). The molecule has 0 unspecified atom stereocenters. The summed E-state index contributed by atoms with van der Waals surface area (Å²) in [7, 11) is 1.63. The molecule has 6 nitrogen and oxygen atoms in total. The zero-order valence-electron chi connectivity index (χ0n) is 14.8. The second-order valence-electron chi connectivity index (χ2n) is 5.42. The number of nitrogens with zero attached hydrogens (tertiary/aromatic N) is 2. The number of methoxy groups -OCH3 is 1. The number of amides is 1. The van der Waals surface area contributed by atoms with Crippen molar-refractivity contribution in [2.45, 2.75) is 13.8 Å². The summed E-state index contributed by atoms with van der Waals surface area (Å²) in [6, 6.07) is 10.9. The van der Waals surface area contributed by atoms with Crippen LogP contribution in [-0.2, 0) is 0 Å². The highest BCUT2D eigenvalue weighted by atomic mass is 32.1. The van der Waals surface area contributed by atoms with Crippen molar-refractivity contribution < 1.29 is 14.3 Å². The molecule has 1 aromatic carbocycles. The maximum atomic E-state index is 12.5. The van der Waals surface area contributed by atoms with Crippen LogP contribution >= 0.6 is 11.3 Å². The highest BCUT2D eigenvalue weighted by molar-refractivity contribution is 7.16. The van der Waals surface area contributed by atoms with Gasteiger partial charge in [0, 0.05) is 28.3 Å². The van der Waals surface area contributed by atoms with E-state index >= 15 is 0 Å². The summed E-state index contributed by atoms with van der Waals surface area (Å²) in [5.41, 5.74) is 2.29. The monoisotopic (exact) mass is 369 g/mol. The molecule has 0 saturated heterocycles. The van der Waals surface area contributed by atoms with Crippen molar-refractivity contribution in [2.24, 2.45) is 0 Å². The molecule has 0 aliphatic carbocycles. The Morgan fingerprint density at radius 3 is 2.69 bits per heavy atom. The van der Waals surface area contributed by atoms with Crippen LogP contribution < -0.4 is 14.8 Å². The van der Waals surface area contributed by atoms with E-state index in [2.05, 4.69) is 15.3 Å². The van der Waals surface area contributed by atoms with E-state index in [1.54, 1.807) is 25.4 Å². The summed E-state index contributed by atoms with van der Waals surface area (Å²) < 4.78 is 10.5. The van der Waals surface area contributed by atoms with Gasteiger partial charge in [-0.1, -0.05) is 0 Å². The Balaban J connectivity index is 1.78. The molecule has 1 amide bonds. The van der Waals surface area contributed by atoms with Gasteiger partial charge in [-0.25, -0.2) is 9.97 Å². The molecule has 0 radical (unpaired) electrons. The van der Waals surface area contributed by atoms with Gasteiger partial charge in [-0.2, -0.15) is 0 Å². The molecule has 3 aromatic rings. The van der Waals surface area contributed by atoms with E-state index in [0.717, 1.165) is 21.9 Å². The first-order chi connectivity index (χ1) is 12.6. The van der Waals surface area contributed by atoms with Crippen LogP contribution in [0.25, 0.3) is 11.3 Å². The van der Waals surface area contributed by atoms with Gasteiger partial charge < -0.3 is 9.47 Å². The summed E-state index contributed by atoms with van der Waals surface area (Å²) in [6.07, 6.45) is 1.55. The predicted molar refractivity (Wildman–Crippen MR) is 102 cm³/mol. The van der Waals surface area contributed by atoms with Crippen LogP contribution in [0.4, 0.5) is 5.13 Å². The van der Waals surface area contributed by atoms with Crippen molar-refractivity contribution in [3.63, 3.8) is 0 Å². The minimum Gasteiger partial charge on any atom is -0.497 e. The summed E-state index contributed by atoms with van der Waals surface area (Å²) in [5, 5.41) is 3.39. The standard InChI is InChI=1S/C19H19N3O3S/c1-4-25-16-11-14(9-10-20-16)18(23)22-19-21-17(12(2)26-19)13-5-7-15(24-3)8-6-13/h5-11H,4H2,1-3H3,(H,21,22,23). The molecule has 0 saturated carbocycles. The van der Waals surface area contributed by atoms with E-state index in [-0.39, 0.29) is 5.91 Å². The fourth-order valence-corrected chi connectivity index (χ4v) is 3.24. The number of rotatable bonds is 6. The van der Waals surface area contributed by atoms with Crippen LogP contribution in [0.15, 0.2) is 42.6 Å². The van der Waals surface area contributed by atoms with Gasteiger partial charge in [-0.3, -0.25) is 10.1 Å². The lowest BCUT2D eigenvalue weighted by molar-refractivity contribution is 0.102. The molecule has 2 heterocycles. The first-order valence-electron chi connectivity index (χ1n) is 8.12. The van der Waals surface area contributed by atoms with Crippen molar-refractivity contribution in [2.75, 3.05) is 19.0 Å². The van der Waals surface area contributed by atoms with Gasteiger partial charge in [-0.15, -0.1) is 11.3 Å². The number of hydrogen-bond acceptors (Lipinski definition) is 6. The minimum absolute atomic E-state index is 0.247. The number of aryl methyl sites for hydroxylation is 1. The van der Waals surface area contributed by atoms with Crippen LogP contribution in [0.3, 0.4) is 0 Å². The van der Waals surface area contributed by atoms with Crippen molar-refractivity contribution >= 4 is 22.4 Å². The average Bonchev–Trinajstić information content (AvgIpc) is 3.02. The first-order valence-corrected chi connectivity index (χ1v) is 8.94. The number of carbonyl (C=O) groups is 1. The number of nitrogens with one attached hydrogen (secondary N) is 1. The lowest BCUT2D eigenvalue weighted by Crippen LogP contribution is -2.12. The minimum atomic E-state index is -0.247. The van der Waals surface area contributed by atoms with E-state index < -0.39 is 0 Å². The van der Waals surface area contributed by atoms with E-state index in [4.69, 9.17) is 9.47 Å². The molecule has 0 atom stereocenters. The maximum Gasteiger partial charge on any atom is 0.257 e. The van der Waals surface area contributed by atoms with Crippen molar-refractivity contribution in [1.82, 2.24) is 9.97 Å². The number of hydrogen-bond donors (Lipinski definition) is 1. The lowest BCUT2D eigenvalue weighted by Gasteiger charge is -2.05. The van der Waals surface area contributed by atoms with Crippen LogP contribution in [0.2, 0.25) is 0 Å². The Morgan fingerprint density at radius 2 is 2.00 bits per heavy atom. The van der Waals surface area contributed by atoms with Crippen LogP contribution in [-0.4, -0.2) is 29.6 Å². The average molecular weight is 369 g/mol. The third-order valence-corrected chi connectivity index (χ3v) is 4.56. The summed E-state index contributed by atoms with van der Waals surface area (Å²) in [6.45, 7) is 4.34. The maximum absolute atomic E-state index is 12.5. The molecule has 0 spiro atoms. The molecule has 0 fully saturated rings. The Bertz CT molecular complexity index is 907. The van der Waals surface area contributed by atoms with E-state index in [0.29, 0.717) is 23.2 Å². The van der Waals surface area contributed by atoms with Crippen molar-refractivity contribution in [1.29, 1.82) is 0 Å². The Kier molecular flexibility index (Phi) is 5.48. The smallest absolute Gasteiger partial charge is 0.257 e. The Morgan fingerprint density at radius 1 is 1.23 bits per heavy atom. The van der Waals surface area contributed by atoms with Gasteiger partial charge in [0.25, 0.3) is 5.91 Å². The van der Waals surface area contributed by atoms with Gasteiger partial charge in [0.15, 0.2) is 5.13 Å². The second kappa shape index (κ2) is 7.97. The number of aromatic nitrogens is 2. The topological polar surface area (TPSA) is 73.3 Å². The van der Waals surface area contributed by atoms with Crippen molar-refractivity contribution in [3.05, 3.63) is 53.0 Å². The first kappa shape index (κ1) is 17.9. The molecule has 26 heavy (non-hydrogen) atoms. The van der Waals surface area contributed by atoms with E-state index in [1.807, 2.05) is 38.1 Å². The number of ether oxygens (including phenoxy) is 2. The van der Waals surface area contributed by atoms with Crippen LogP contribution in [0.5, 0.6) is 11.6 Å². The SMILES string of the molecule is CCOc1cc(C(=O)Nc2nc(-c3ccc(OC)cc3)c(C)s2)ccn1. The highest BCUT2D eigenvalue weighted by Gasteiger charge is 2.14. The molecule has 134 valence electrons. The molecular formula is C19H19N3O3S. The van der Waals surface area contributed by atoms with Gasteiger partial charge in [0.05, 0.1) is 19.4 Å². The van der Waals surface area contributed by atoms with Crippen molar-refractivity contribution in [3.8, 4) is 22.9 Å². The zero-order chi connectivity index (χ0) is 18.5. The van der Waals surface area contributed by atoms with Gasteiger partial charge in [0.2, 0.25) is 5.88 Å². The largest absolute Gasteiger partial charge is 0.497 e. The number of carbonyl (C=O) groups excluding carboxylic acids is 1. The lowest BCUT2D eigenvalue weighted by atomic mass is 10.1. The quantitative estimate of drug-likeness (QED) is 0.706. The summed E-state index contributed by atoms with van der Waals surface area (Å²) >= 11 is 1.44. The number of anilines is 1. The number of benzene rings is 1. The third kappa shape index (κ3) is 4.00. The molecule has 0 aliphatic rings. The third-order valence-electron chi connectivity index (χ3n) is 3.67. The molecular weight excluding hydrogens is 350 g/mol. The summed E-state index contributed by atoms with van der Waals surface area (Å²) in [5.74, 6) is 0.968. The predicted octanol–water partition coefficient (Wildman–Crippen LogP) is 4.17.